The van der Waals surface area contributed by atoms with Gasteiger partial charge in [-0.2, -0.15) is 14.6 Å². The van der Waals surface area contributed by atoms with Crippen molar-refractivity contribution in [2.75, 3.05) is 0 Å². The summed E-state index contributed by atoms with van der Waals surface area (Å²) >= 11 is 4.50. The Morgan fingerprint density at radius 3 is 2.68 bits per heavy atom. The van der Waals surface area contributed by atoms with Crippen LogP contribution in [0.15, 0.2) is 54.9 Å². The van der Waals surface area contributed by atoms with Gasteiger partial charge in [0.05, 0.1) is 0 Å². The third kappa shape index (κ3) is 2.94. The maximum atomic E-state index is 12.4. The van der Waals surface area contributed by atoms with Crippen molar-refractivity contribution in [2.45, 2.75) is 6.92 Å². The maximum absolute atomic E-state index is 12.4. The number of aryl methyl sites for hydroxylation is 1. The van der Waals surface area contributed by atoms with Crippen molar-refractivity contribution in [3.8, 4) is 11.3 Å². The monoisotopic (exact) mass is 415 g/mol. The first-order chi connectivity index (χ1) is 12.0. The van der Waals surface area contributed by atoms with Gasteiger partial charge >= 0.3 is 0 Å². The Balaban J connectivity index is 1.80. The molecular formula is C17H10BrN3O3S. The summed E-state index contributed by atoms with van der Waals surface area (Å²) in [5.74, 6) is 1.25. The van der Waals surface area contributed by atoms with Crippen LogP contribution in [0.2, 0.25) is 0 Å². The SMILES string of the molecule is Cc1nn2c(=O)/c(=C\c3ccc(-c4ccc(Br)cc4)o3)sc2nc1=O. The zero-order valence-electron chi connectivity index (χ0n) is 12.9. The zero-order valence-corrected chi connectivity index (χ0v) is 15.3. The number of thiazole rings is 1. The number of hydrogen-bond donors (Lipinski definition) is 0. The van der Waals surface area contributed by atoms with Gasteiger partial charge in [-0.3, -0.25) is 9.59 Å². The highest BCUT2D eigenvalue weighted by molar-refractivity contribution is 9.10. The molecule has 0 aliphatic rings. The zero-order chi connectivity index (χ0) is 17.6. The Kier molecular flexibility index (Phi) is 3.85. The predicted molar refractivity (Wildman–Crippen MR) is 98.8 cm³/mol. The second kappa shape index (κ2) is 6.05. The Bertz CT molecular complexity index is 1260. The van der Waals surface area contributed by atoms with Crippen LogP contribution in [-0.2, 0) is 0 Å². The normalized spacial score (nSPS) is 12.2. The number of benzene rings is 1. The largest absolute Gasteiger partial charge is 0.457 e. The highest BCUT2D eigenvalue weighted by Gasteiger charge is 2.09. The van der Waals surface area contributed by atoms with E-state index in [1.54, 1.807) is 12.1 Å². The van der Waals surface area contributed by atoms with Gasteiger partial charge in [-0.15, -0.1) is 0 Å². The van der Waals surface area contributed by atoms with Crippen molar-refractivity contribution in [1.82, 2.24) is 14.6 Å². The molecule has 4 aromatic rings. The molecule has 0 radical (unpaired) electrons. The van der Waals surface area contributed by atoms with Crippen LogP contribution in [0, 0.1) is 6.92 Å². The molecule has 0 amide bonds. The molecule has 0 spiro atoms. The molecule has 8 heteroatoms. The highest BCUT2D eigenvalue weighted by atomic mass is 79.9. The summed E-state index contributed by atoms with van der Waals surface area (Å²) in [5, 5.41) is 3.98. The van der Waals surface area contributed by atoms with Gasteiger partial charge in [0.25, 0.3) is 11.1 Å². The van der Waals surface area contributed by atoms with Gasteiger partial charge in [0.1, 0.15) is 21.7 Å². The number of aromatic nitrogens is 3. The lowest BCUT2D eigenvalue weighted by Crippen LogP contribution is -2.27. The molecule has 0 atom stereocenters. The first-order valence-electron chi connectivity index (χ1n) is 7.29. The Labute approximate surface area is 153 Å². The van der Waals surface area contributed by atoms with Gasteiger partial charge in [-0.25, -0.2) is 0 Å². The first-order valence-corrected chi connectivity index (χ1v) is 8.90. The number of hydrogen-bond acceptors (Lipinski definition) is 6. The third-order valence-electron chi connectivity index (χ3n) is 3.57. The van der Waals surface area contributed by atoms with E-state index in [0.717, 1.165) is 25.9 Å². The minimum absolute atomic E-state index is 0.189. The van der Waals surface area contributed by atoms with E-state index in [4.69, 9.17) is 4.42 Å². The van der Waals surface area contributed by atoms with Crippen LogP contribution < -0.4 is 15.7 Å². The van der Waals surface area contributed by atoms with Gasteiger partial charge < -0.3 is 4.42 Å². The van der Waals surface area contributed by atoms with Gasteiger partial charge in [-0.05, 0) is 31.2 Å². The van der Waals surface area contributed by atoms with Crippen molar-refractivity contribution in [1.29, 1.82) is 0 Å². The average Bonchev–Trinajstić information content (AvgIpc) is 3.16. The summed E-state index contributed by atoms with van der Waals surface area (Å²) < 4.78 is 8.33. The molecule has 0 bridgehead atoms. The fourth-order valence-corrected chi connectivity index (χ4v) is 3.46. The van der Waals surface area contributed by atoms with Crippen molar-refractivity contribution in [3.05, 3.63) is 77.6 Å². The lowest BCUT2D eigenvalue weighted by atomic mass is 10.2. The van der Waals surface area contributed by atoms with Gasteiger partial charge in [-0.1, -0.05) is 39.4 Å². The summed E-state index contributed by atoms with van der Waals surface area (Å²) in [7, 11) is 0. The number of halogens is 1. The van der Waals surface area contributed by atoms with E-state index in [9.17, 15) is 9.59 Å². The Morgan fingerprint density at radius 1 is 1.16 bits per heavy atom. The topological polar surface area (TPSA) is 77.5 Å². The molecule has 0 unspecified atom stereocenters. The molecule has 0 saturated heterocycles. The molecule has 0 saturated carbocycles. The lowest BCUT2D eigenvalue weighted by molar-refractivity contribution is 0.571. The summed E-state index contributed by atoms with van der Waals surface area (Å²) in [4.78, 5) is 28.1. The molecule has 3 aromatic heterocycles. The van der Waals surface area contributed by atoms with Crippen LogP contribution in [0.1, 0.15) is 11.5 Å². The van der Waals surface area contributed by atoms with Gasteiger partial charge in [0.2, 0.25) is 4.96 Å². The predicted octanol–water partition coefficient (Wildman–Crippen LogP) is 2.39. The van der Waals surface area contributed by atoms with E-state index in [2.05, 4.69) is 26.0 Å². The quantitative estimate of drug-likeness (QED) is 0.502. The van der Waals surface area contributed by atoms with Crippen molar-refractivity contribution >= 4 is 38.3 Å². The molecule has 124 valence electrons. The molecular weight excluding hydrogens is 406 g/mol. The molecule has 0 fully saturated rings. The van der Waals surface area contributed by atoms with Crippen LogP contribution in [0.25, 0.3) is 22.4 Å². The summed E-state index contributed by atoms with van der Waals surface area (Å²) in [6.45, 7) is 1.53. The molecule has 3 heterocycles. The molecule has 1 aromatic carbocycles. The van der Waals surface area contributed by atoms with Crippen LogP contribution in [-0.4, -0.2) is 14.6 Å². The molecule has 6 nitrogen and oxygen atoms in total. The van der Waals surface area contributed by atoms with E-state index in [1.807, 2.05) is 30.3 Å². The minimum atomic E-state index is -0.427. The van der Waals surface area contributed by atoms with E-state index < -0.39 is 5.56 Å². The average molecular weight is 416 g/mol. The van der Waals surface area contributed by atoms with Crippen LogP contribution in [0.3, 0.4) is 0 Å². The van der Waals surface area contributed by atoms with Gasteiger partial charge in [0, 0.05) is 16.1 Å². The number of nitrogens with zero attached hydrogens (tertiary/aromatic N) is 3. The maximum Gasteiger partial charge on any atom is 0.295 e. The fourth-order valence-electron chi connectivity index (χ4n) is 2.32. The lowest BCUT2D eigenvalue weighted by Gasteiger charge is -1.96. The third-order valence-corrected chi connectivity index (χ3v) is 5.06. The van der Waals surface area contributed by atoms with E-state index in [-0.39, 0.29) is 16.2 Å². The van der Waals surface area contributed by atoms with Gasteiger partial charge in [0.15, 0.2) is 0 Å². The van der Waals surface area contributed by atoms with E-state index in [0.29, 0.717) is 16.1 Å². The fraction of sp³-hybridized carbons (Fsp3) is 0.0588. The first kappa shape index (κ1) is 15.9. The smallest absolute Gasteiger partial charge is 0.295 e. The van der Waals surface area contributed by atoms with E-state index in [1.165, 1.54) is 6.92 Å². The number of furan rings is 1. The van der Waals surface area contributed by atoms with E-state index >= 15 is 0 Å². The summed E-state index contributed by atoms with van der Waals surface area (Å²) in [5.41, 5.74) is 0.376. The second-order valence-corrected chi connectivity index (χ2v) is 7.25. The summed E-state index contributed by atoms with van der Waals surface area (Å²) in [6.07, 6.45) is 1.63. The van der Waals surface area contributed by atoms with Crippen LogP contribution in [0.5, 0.6) is 0 Å². The molecule has 25 heavy (non-hydrogen) atoms. The van der Waals surface area contributed by atoms with Crippen molar-refractivity contribution < 1.29 is 4.42 Å². The molecule has 0 N–H and O–H groups in total. The van der Waals surface area contributed by atoms with Crippen molar-refractivity contribution in [2.24, 2.45) is 0 Å². The molecule has 0 aliphatic heterocycles. The Hall–Kier alpha value is -2.58. The second-order valence-electron chi connectivity index (χ2n) is 5.32. The number of fused-ring (bicyclic) bond motifs is 1. The van der Waals surface area contributed by atoms with Crippen LogP contribution in [0.4, 0.5) is 0 Å². The van der Waals surface area contributed by atoms with Crippen LogP contribution >= 0.6 is 27.3 Å². The molecule has 0 aliphatic carbocycles. The highest BCUT2D eigenvalue weighted by Crippen LogP contribution is 2.24. The Morgan fingerprint density at radius 2 is 1.92 bits per heavy atom. The summed E-state index contributed by atoms with van der Waals surface area (Å²) in [6, 6.07) is 11.4. The number of rotatable bonds is 2. The van der Waals surface area contributed by atoms with Crippen molar-refractivity contribution in [3.63, 3.8) is 0 Å². The standard InChI is InChI=1S/C17H10BrN3O3S/c1-9-15(22)19-17-21(20-9)16(23)14(25-17)8-12-6-7-13(24-12)10-2-4-11(18)5-3-10/h2-8H,1H3/b14-8+. The molecule has 4 rings (SSSR count). The minimum Gasteiger partial charge on any atom is -0.457 e.